The van der Waals surface area contributed by atoms with Gasteiger partial charge in [0.2, 0.25) is 0 Å². The van der Waals surface area contributed by atoms with E-state index in [1.165, 1.54) is 12.1 Å². The van der Waals surface area contributed by atoms with Crippen LogP contribution in [0.2, 0.25) is 0 Å². The second-order valence-electron chi connectivity index (χ2n) is 6.87. The summed E-state index contributed by atoms with van der Waals surface area (Å²) in [7, 11) is 0. The van der Waals surface area contributed by atoms with Gasteiger partial charge < -0.3 is 9.47 Å². The van der Waals surface area contributed by atoms with Gasteiger partial charge in [0, 0.05) is 29.2 Å². The van der Waals surface area contributed by atoms with Crippen molar-refractivity contribution in [1.82, 2.24) is 4.90 Å². The Labute approximate surface area is 160 Å². The Kier molecular flexibility index (Phi) is 5.25. The number of halogens is 3. The van der Waals surface area contributed by atoms with Crippen molar-refractivity contribution in [3.8, 4) is 5.75 Å². The van der Waals surface area contributed by atoms with Crippen LogP contribution in [-0.2, 0) is 4.74 Å². The molecule has 2 aliphatic heterocycles. The van der Waals surface area contributed by atoms with Gasteiger partial charge in [0.05, 0.1) is 12.7 Å². The van der Waals surface area contributed by atoms with E-state index in [0.717, 1.165) is 35.8 Å². The fraction of sp³-hybridized carbons (Fsp3) is 0.400. The Hall–Kier alpha value is -1.50. The first-order chi connectivity index (χ1) is 12.6. The van der Waals surface area contributed by atoms with Crippen LogP contribution in [0.5, 0.6) is 5.75 Å². The lowest BCUT2D eigenvalue weighted by atomic mass is 9.95. The monoisotopic (exact) mass is 423 g/mol. The number of rotatable bonds is 4. The molecule has 0 aromatic heterocycles. The number of ether oxygens (including phenoxy) is 2. The Balaban J connectivity index is 1.26. The van der Waals surface area contributed by atoms with Crippen LogP contribution in [0.15, 0.2) is 46.9 Å². The molecule has 6 heteroatoms. The normalized spacial score (nSPS) is 24.3. The number of nitrogens with zero attached hydrogens (tertiary/aromatic N) is 1. The van der Waals surface area contributed by atoms with Crippen LogP contribution >= 0.6 is 15.9 Å². The molecule has 0 N–H and O–H groups in total. The number of benzene rings is 2. The van der Waals surface area contributed by atoms with Crippen LogP contribution in [0.3, 0.4) is 0 Å². The maximum atomic E-state index is 13.9. The van der Waals surface area contributed by atoms with Crippen molar-refractivity contribution in [1.29, 1.82) is 0 Å². The number of likely N-dealkylation sites (tertiary alicyclic amines) is 1. The molecule has 0 bridgehead atoms. The molecule has 2 saturated heterocycles. The van der Waals surface area contributed by atoms with Crippen LogP contribution in [-0.4, -0.2) is 36.7 Å². The summed E-state index contributed by atoms with van der Waals surface area (Å²) in [5.41, 5.74) is 0.323. The summed E-state index contributed by atoms with van der Waals surface area (Å²) < 4.78 is 40.1. The lowest BCUT2D eigenvalue weighted by Crippen LogP contribution is -2.59. The van der Waals surface area contributed by atoms with Gasteiger partial charge in [-0.2, -0.15) is 0 Å². The van der Waals surface area contributed by atoms with Gasteiger partial charge in [0.25, 0.3) is 0 Å². The molecule has 138 valence electrons. The van der Waals surface area contributed by atoms with Gasteiger partial charge in [-0.05, 0) is 55.3 Å². The van der Waals surface area contributed by atoms with Crippen LogP contribution < -0.4 is 4.74 Å². The lowest BCUT2D eigenvalue weighted by Gasteiger charge is -2.46. The van der Waals surface area contributed by atoms with E-state index in [1.54, 1.807) is 0 Å². The van der Waals surface area contributed by atoms with E-state index < -0.39 is 11.6 Å². The maximum absolute atomic E-state index is 13.9. The van der Waals surface area contributed by atoms with E-state index >= 15 is 0 Å². The molecule has 0 aliphatic carbocycles. The van der Waals surface area contributed by atoms with Gasteiger partial charge in [0.15, 0.2) is 0 Å². The lowest BCUT2D eigenvalue weighted by molar-refractivity contribution is -0.0839. The second kappa shape index (κ2) is 7.62. The smallest absolute Gasteiger partial charge is 0.129 e. The topological polar surface area (TPSA) is 21.7 Å². The summed E-state index contributed by atoms with van der Waals surface area (Å²) in [5.74, 6) is 0.0453. The summed E-state index contributed by atoms with van der Waals surface area (Å²) in [6.45, 7) is 2.26. The third kappa shape index (κ3) is 3.92. The molecular formula is C20H20BrF2NO2. The van der Waals surface area contributed by atoms with Gasteiger partial charge in [-0.3, -0.25) is 4.90 Å². The van der Waals surface area contributed by atoms with Crippen molar-refractivity contribution < 1.29 is 18.3 Å². The molecule has 2 aromatic carbocycles. The Bertz CT molecular complexity index is 757. The van der Waals surface area contributed by atoms with Crippen LogP contribution in [0.1, 0.15) is 24.5 Å². The molecule has 26 heavy (non-hydrogen) atoms. The number of hydrogen-bond acceptors (Lipinski definition) is 3. The first kappa shape index (κ1) is 17.9. The second-order valence-corrected chi connectivity index (χ2v) is 7.78. The zero-order valence-corrected chi connectivity index (χ0v) is 15.8. The minimum atomic E-state index is -0.428. The van der Waals surface area contributed by atoms with Crippen molar-refractivity contribution in [3.05, 3.63) is 64.1 Å². The van der Waals surface area contributed by atoms with Crippen LogP contribution in [0.4, 0.5) is 8.78 Å². The molecule has 0 spiro atoms. The van der Waals surface area contributed by atoms with E-state index in [9.17, 15) is 8.78 Å². The van der Waals surface area contributed by atoms with Crippen molar-refractivity contribution in [3.63, 3.8) is 0 Å². The molecule has 2 fully saturated rings. The predicted octanol–water partition coefficient (Wildman–Crippen LogP) is 4.71. The quantitative estimate of drug-likeness (QED) is 0.710. The van der Waals surface area contributed by atoms with E-state index in [0.29, 0.717) is 24.6 Å². The molecule has 2 aromatic rings. The van der Waals surface area contributed by atoms with Crippen LogP contribution in [0.25, 0.3) is 0 Å². The molecule has 0 amide bonds. The third-order valence-corrected chi connectivity index (χ3v) is 5.59. The Morgan fingerprint density at radius 1 is 1.04 bits per heavy atom. The third-order valence-electron chi connectivity index (χ3n) is 5.07. The fourth-order valence-electron chi connectivity index (χ4n) is 3.58. The van der Waals surface area contributed by atoms with E-state index in [4.69, 9.17) is 9.47 Å². The Morgan fingerprint density at radius 3 is 2.50 bits per heavy atom. The van der Waals surface area contributed by atoms with Gasteiger partial charge in [-0.15, -0.1) is 0 Å². The zero-order valence-electron chi connectivity index (χ0n) is 14.2. The molecule has 2 aliphatic rings. The van der Waals surface area contributed by atoms with Crippen molar-refractivity contribution >= 4 is 15.9 Å². The van der Waals surface area contributed by atoms with E-state index in [2.05, 4.69) is 20.8 Å². The first-order valence-electron chi connectivity index (χ1n) is 8.81. The average molecular weight is 424 g/mol. The van der Waals surface area contributed by atoms with Crippen LogP contribution in [0, 0.1) is 11.6 Å². The average Bonchev–Trinajstić information content (AvgIpc) is 2.62. The largest absolute Gasteiger partial charge is 0.488 e. The summed E-state index contributed by atoms with van der Waals surface area (Å²) >= 11 is 3.41. The fourth-order valence-corrected chi connectivity index (χ4v) is 3.84. The molecule has 0 unspecified atom stereocenters. The summed E-state index contributed by atoms with van der Waals surface area (Å²) in [4.78, 5) is 2.33. The first-order valence-corrected chi connectivity index (χ1v) is 9.60. The van der Waals surface area contributed by atoms with Gasteiger partial charge >= 0.3 is 0 Å². The molecule has 2 atom stereocenters. The highest BCUT2D eigenvalue weighted by Crippen LogP contribution is 2.33. The summed E-state index contributed by atoms with van der Waals surface area (Å²) in [6, 6.07) is 11.7. The zero-order chi connectivity index (χ0) is 18.1. The molecule has 2 heterocycles. The molecule has 0 radical (unpaired) electrons. The molecule has 4 rings (SSSR count). The Morgan fingerprint density at radius 2 is 1.81 bits per heavy atom. The molecule has 3 nitrogen and oxygen atoms in total. The summed E-state index contributed by atoms with van der Waals surface area (Å²) in [6.07, 6.45) is 1.43. The van der Waals surface area contributed by atoms with Gasteiger partial charge in [-0.25, -0.2) is 8.78 Å². The highest BCUT2D eigenvalue weighted by molar-refractivity contribution is 9.10. The highest BCUT2D eigenvalue weighted by atomic mass is 79.9. The molecule has 0 saturated carbocycles. The number of hydrogen-bond donors (Lipinski definition) is 0. The SMILES string of the molecule is Fc1ccc(F)c([C@@H]2CC[C@@H](N3CC(Oc4ccc(Br)cc4)C3)CO2)c1. The minimum absolute atomic E-state index is 0.189. The molecular weight excluding hydrogens is 404 g/mol. The summed E-state index contributed by atoms with van der Waals surface area (Å²) in [5, 5.41) is 0. The minimum Gasteiger partial charge on any atom is -0.488 e. The van der Waals surface area contributed by atoms with Crippen molar-refractivity contribution in [2.24, 2.45) is 0 Å². The highest BCUT2D eigenvalue weighted by Gasteiger charge is 2.36. The van der Waals surface area contributed by atoms with E-state index in [1.807, 2.05) is 24.3 Å². The van der Waals surface area contributed by atoms with Crippen molar-refractivity contribution in [2.45, 2.75) is 31.1 Å². The standard InChI is InChI=1S/C20H20BrF2NO2/c21-13-1-5-16(6-2-13)26-17-10-24(11-17)15-4-8-20(25-12-15)18-9-14(22)3-7-19(18)23/h1-3,5-7,9,15,17,20H,4,8,10-12H2/t15-,20+/m1/s1. The van der Waals surface area contributed by atoms with Gasteiger partial charge in [0.1, 0.15) is 23.5 Å². The van der Waals surface area contributed by atoms with Crippen molar-refractivity contribution in [2.75, 3.05) is 19.7 Å². The maximum Gasteiger partial charge on any atom is 0.129 e. The predicted molar refractivity (Wildman–Crippen MR) is 98.2 cm³/mol. The van der Waals surface area contributed by atoms with E-state index in [-0.39, 0.29) is 12.2 Å². The van der Waals surface area contributed by atoms with Gasteiger partial charge in [-0.1, -0.05) is 15.9 Å².